The summed E-state index contributed by atoms with van der Waals surface area (Å²) in [5, 5.41) is 33.3. The Hall–Kier alpha value is -3.59. The van der Waals surface area contributed by atoms with E-state index >= 15 is 0 Å². The number of phenols is 1. The fraction of sp³-hybridized carbons (Fsp3) is 0.312. The zero-order valence-corrected chi connectivity index (χ0v) is 23.0. The van der Waals surface area contributed by atoms with Gasteiger partial charge in [-0.2, -0.15) is 0 Å². The van der Waals surface area contributed by atoms with E-state index < -0.39 is 35.4 Å². The fourth-order valence-electron chi connectivity index (χ4n) is 6.11. The lowest BCUT2D eigenvalue weighted by molar-refractivity contribution is -0.140. The maximum Gasteiger partial charge on any atom is 0.234 e. The highest BCUT2D eigenvalue weighted by atomic mass is 32.1. The van der Waals surface area contributed by atoms with Crippen LogP contribution in [0.25, 0.3) is 11.6 Å². The second kappa shape index (κ2) is 11.9. The van der Waals surface area contributed by atoms with Gasteiger partial charge in [-0.15, -0.1) is 11.3 Å². The molecule has 40 heavy (non-hydrogen) atoms. The lowest BCUT2D eigenvalue weighted by Gasteiger charge is -2.35. The van der Waals surface area contributed by atoms with Crippen molar-refractivity contribution < 1.29 is 29.3 Å². The molecule has 5 rings (SSSR count). The Kier molecular flexibility index (Phi) is 8.30. The minimum Gasteiger partial charge on any atom is -0.505 e. The topological polar surface area (TPSA) is 98.1 Å². The van der Waals surface area contributed by atoms with Crippen molar-refractivity contribution in [2.45, 2.75) is 38.8 Å². The van der Waals surface area contributed by atoms with Gasteiger partial charge in [-0.3, -0.25) is 14.5 Å². The Bertz CT molecular complexity index is 1450. The van der Waals surface area contributed by atoms with Crippen LogP contribution in [0, 0.1) is 23.6 Å². The molecule has 2 aromatic carbocycles. The number of carbonyl (C=O) groups is 2. The van der Waals surface area contributed by atoms with Crippen LogP contribution in [0.5, 0.6) is 5.75 Å². The van der Waals surface area contributed by atoms with Crippen LogP contribution in [-0.4, -0.2) is 44.7 Å². The monoisotopic (exact) mass is 561 g/mol. The van der Waals surface area contributed by atoms with Gasteiger partial charge in [-0.1, -0.05) is 54.1 Å². The molecule has 3 N–H and O–H groups in total. The van der Waals surface area contributed by atoms with Crippen molar-refractivity contribution in [1.29, 1.82) is 0 Å². The summed E-state index contributed by atoms with van der Waals surface area (Å²) >= 11 is 1.48. The number of benzene rings is 2. The number of nitrogens with zero attached hydrogens (tertiary/aromatic N) is 1. The predicted octanol–water partition coefficient (Wildman–Crippen LogP) is 5.40. The molecule has 2 amide bonds. The van der Waals surface area contributed by atoms with Gasteiger partial charge in [0.25, 0.3) is 0 Å². The summed E-state index contributed by atoms with van der Waals surface area (Å²) in [5.41, 5.74) is 3.82. The second-order valence-corrected chi connectivity index (χ2v) is 11.5. The smallest absolute Gasteiger partial charge is 0.234 e. The van der Waals surface area contributed by atoms with E-state index in [1.165, 1.54) is 28.4 Å². The highest BCUT2D eigenvalue weighted by Crippen LogP contribution is 2.46. The summed E-state index contributed by atoms with van der Waals surface area (Å²) in [7, 11) is 0. The Morgan fingerprint density at radius 3 is 2.58 bits per heavy atom. The summed E-state index contributed by atoms with van der Waals surface area (Å²) in [4.78, 5) is 28.9. The van der Waals surface area contributed by atoms with Gasteiger partial charge < -0.3 is 15.3 Å². The van der Waals surface area contributed by atoms with E-state index in [4.69, 9.17) is 0 Å². The first-order valence-electron chi connectivity index (χ1n) is 13.4. The molecule has 0 bridgehead atoms. The molecule has 3 aromatic rings. The van der Waals surface area contributed by atoms with Crippen molar-refractivity contribution in [3.8, 4) is 5.75 Å². The summed E-state index contributed by atoms with van der Waals surface area (Å²) in [5.74, 6) is -3.53. The lowest BCUT2D eigenvalue weighted by Crippen LogP contribution is -2.38. The zero-order chi connectivity index (χ0) is 28.4. The average Bonchev–Trinajstić information content (AvgIpc) is 3.55. The third-order valence-electron chi connectivity index (χ3n) is 8.01. The van der Waals surface area contributed by atoms with Gasteiger partial charge in [0, 0.05) is 10.8 Å². The molecule has 1 aliphatic heterocycles. The van der Waals surface area contributed by atoms with Gasteiger partial charge in [0.15, 0.2) is 11.6 Å². The highest BCUT2D eigenvalue weighted by molar-refractivity contribution is 7.09. The highest BCUT2D eigenvalue weighted by Gasteiger charge is 2.54. The minimum absolute atomic E-state index is 0.217. The average molecular weight is 562 g/mol. The molecule has 1 fully saturated rings. The molecule has 1 saturated heterocycles. The summed E-state index contributed by atoms with van der Waals surface area (Å²) in [6, 6.07) is 17.5. The van der Waals surface area contributed by atoms with Crippen molar-refractivity contribution in [2.24, 2.45) is 17.8 Å². The number of carbonyl (C=O) groups excluding carboxylic acids is 2. The Morgan fingerprint density at radius 2 is 1.90 bits per heavy atom. The predicted molar refractivity (Wildman–Crippen MR) is 152 cm³/mol. The maximum absolute atomic E-state index is 14.0. The molecule has 0 radical (unpaired) electrons. The van der Waals surface area contributed by atoms with E-state index in [1.54, 1.807) is 6.07 Å². The number of thiophene rings is 1. The van der Waals surface area contributed by atoms with E-state index in [2.05, 4.69) is 0 Å². The first-order chi connectivity index (χ1) is 19.3. The number of aliphatic hydroxyl groups is 2. The Labute approximate surface area is 236 Å². The number of hydrogen-bond donors (Lipinski definition) is 3. The number of likely N-dealkylation sites (tertiary alicyclic amines) is 1. The number of rotatable bonds is 9. The van der Waals surface area contributed by atoms with Crippen LogP contribution in [0.4, 0.5) is 4.39 Å². The number of hydrogen-bond acceptors (Lipinski definition) is 6. The first kappa shape index (κ1) is 28.0. The van der Waals surface area contributed by atoms with Gasteiger partial charge in [-0.25, -0.2) is 4.39 Å². The number of halogens is 1. The van der Waals surface area contributed by atoms with E-state index in [1.807, 2.05) is 60.8 Å². The lowest BCUT2D eigenvalue weighted by atomic mass is 9.68. The van der Waals surface area contributed by atoms with Crippen LogP contribution in [0.1, 0.15) is 42.2 Å². The molecular weight excluding hydrogens is 529 g/mol. The number of imide groups is 1. The minimum atomic E-state index is -0.934. The number of phenolic OH excluding ortho intramolecular Hbond substituents is 1. The fourth-order valence-corrected chi connectivity index (χ4v) is 6.80. The third kappa shape index (κ3) is 5.52. The summed E-state index contributed by atoms with van der Waals surface area (Å²) in [6.45, 7) is 1.75. The van der Waals surface area contributed by atoms with Crippen molar-refractivity contribution >= 4 is 34.8 Å². The molecule has 8 heteroatoms. The Balaban J connectivity index is 1.38. The van der Waals surface area contributed by atoms with Gasteiger partial charge in [0.05, 0.1) is 31.1 Å². The van der Waals surface area contributed by atoms with Crippen LogP contribution in [0.15, 0.2) is 77.2 Å². The number of aliphatic hydroxyl groups excluding tert-OH is 2. The van der Waals surface area contributed by atoms with E-state index in [0.717, 1.165) is 21.6 Å². The molecule has 208 valence electrons. The molecule has 1 aliphatic carbocycles. The van der Waals surface area contributed by atoms with Crippen LogP contribution in [0.2, 0.25) is 0 Å². The van der Waals surface area contributed by atoms with Gasteiger partial charge in [-0.05, 0) is 72.0 Å². The molecular formula is C32H32FNO5S. The van der Waals surface area contributed by atoms with Crippen LogP contribution >= 0.6 is 11.3 Å². The van der Waals surface area contributed by atoms with E-state index in [9.17, 15) is 29.3 Å². The summed E-state index contributed by atoms with van der Waals surface area (Å²) < 4.78 is 14.0. The van der Waals surface area contributed by atoms with Crippen molar-refractivity contribution in [3.63, 3.8) is 0 Å². The number of aromatic hydroxyl groups is 1. The summed E-state index contributed by atoms with van der Waals surface area (Å²) in [6.07, 6.45) is 2.01. The van der Waals surface area contributed by atoms with Gasteiger partial charge in [0.2, 0.25) is 11.8 Å². The largest absolute Gasteiger partial charge is 0.505 e. The van der Waals surface area contributed by atoms with Gasteiger partial charge in [0.1, 0.15) is 0 Å². The standard InChI is InChI=1S/C32H32FNO5S/c1-19-14-24-30(32(39)34(31(24)38)17-23-8-5-13-40-23)25(18-35)29(19)28(37)12-10-22(21-6-3-2-4-7-21)15-20-9-11-27(36)26(33)16-20/h2-9,11,13,15-16,24-25,28,30,35-37H,10,12,14,17-18H2,1H3/b22-15-/t24-,25+,28-,30-/m1/s1. The molecule has 1 aromatic heterocycles. The molecule has 0 spiro atoms. The SMILES string of the molecule is CC1=C([C@H](O)CC/C(=C/c2ccc(O)c(F)c2)c2ccccc2)[C@H](CO)[C@@H]2C(=O)N(Cc3cccs3)C(=O)[C@@H]2C1. The Morgan fingerprint density at radius 1 is 1.12 bits per heavy atom. The van der Waals surface area contributed by atoms with Crippen molar-refractivity contribution in [1.82, 2.24) is 4.90 Å². The van der Waals surface area contributed by atoms with Crippen LogP contribution in [-0.2, 0) is 16.1 Å². The molecule has 0 saturated carbocycles. The molecule has 0 unspecified atom stereocenters. The van der Waals surface area contributed by atoms with Gasteiger partial charge >= 0.3 is 0 Å². The van der Waals surface area contributed by atoms with E-state index in [-0.39, 0.29) is 25.0 Å². The normalized spacial score (nSPS) is 22.1. The third-order valence-corrected chi connectivity index (χ3v) is 8.87. The number of amides is 2. The number of allylic oxidation sites excluding steroid dienone is 2. The van der Waals surface area contributed by atoms with Crippen LogP contribution < -0.4 is 0 Å². The van der Waals surface area contributed by atoms with Crippen molar-refractivity contribution in [2.75, 3.05) is 6.61 Å². The number of fused-ring (bicyclic) bond motifs is 1. The van der Waals surface area contributed by atoms with Crippen molar-refractivity contribution in [3.05, 3.63) is 99.0 Å². The second-order valence-electron chi connectivity index (χ2n) is 10.5. The molecule has 2 aliphatic rings. The molecule has 6 nitrogen and oxygen atoms in total. The van der Waals surface area contributed by atoms with E-state index in [0.29, 0.717) is 30.4 Å². The zero-order valence-electron chi connectivity index (χ0n) is 22.2. The maximum atomic E-state index is 14.0. The quantitative estimate of drug-likeness (QED) is 0.185. The van der Waals surface area contributed by atoms with Crippen LogP contribution in [0.3, 0.4) is 0 Å². The molecule has 2 heterocycles. The molecule has 4 atom stereocenters. The first-order valence-corrected chi connectivity index (χ1v) is 14.3.